The lowest BCUT2D eigenvalue weighted by atomic mass is 9.71. The Hall–Kier alpha value is -2.40. The fraction of sp³-hybridized carbons (Fsp3) is 0.458. The van der Waals surface area contributed by atoms with E-state index >= 15 is 0 Å². The molecule has 2 aromatic rings. The molecule has 5 heteroatoms. The SMILES string of the molecule is CN1CC2CC(C2)C1.Fc1ccccc1.NC(=O)O.c1ccc2c(c1)CCCC2. The maximum Gasteiger partial charge on any atom is 0.402 e. The first-order valence-electron chi connectivity index (χ1n) is 10.4. The molecular weight excluding hydrogens is 367 g/mol. The van der Waals surface area contributed by atoms with Crippen molar-refractivity contribution in [2.45, 2.75) is 38.5 Å². The molecule has 3 fully saturated rings. The van der Waals surface area contributed by atoms with Gasteiger partial charge in [-0.2, -0.15) is 0 Å². The van der Waals surface area contributed by atoms with Crippen molar-refractivity contribution in [1.29, 1.82) is 0 Å². The molecule has 0 unspecified atom stereocenters. The van der Waals surface area contributed by atoms with E-state index in [9.17, 15) is 4.39 Å². The van der Waals surface area contributed by atoms with Crippen molar-refractivity contribution in [1.82, 2.24) is 4.90 Å². The van der Waals surface area contributed by atoms with Gasteiger partial charge in [0.1, 0.15) is 5.82 Å². The lowest BCUT2D eigenvalue weighted by Gasteiger charge is -2.45. The van der Waals surface area contributed by atoms with E-state index in [1.54, 1.807) is 29.3 Å². The van der Waals surface area contributed by atoms with Gasteiger partial charge >= 0.3 is 6.09 Å². The standard InChI is InChI=1S/C10H12.C7H13N.C6H5F.CH3NO2/c1-2-6-10-8-4-3-7-9(10)5-1;1-8-4-6-2-7(3-6)5-8;7-6-4-2-1-3-5-6;2-1(3)4/h1-2,5-6H,3-4,7-8H2;6-7H,2-5H2,1H3;1-5H;2H2,(H,3,4). The Balaban J connectivity index is 0.000000145. The van der Waals surface area contributed by atoms with Gasteiger partial charge in [-0.15, -0.1) is 0 Å². The van der Waals surface area contributed by atoms with Crippen molar-refractivity contribution in [3.63, 3.8) is 0 Å². The van der Waals surface area contributed by atoms with Crippen LogP contribution >= 0.6 is 0 Å². The Labute approximate surface area is 173 Å². The largest absolute Gasteiger partial charge is 0.465 e. The molecule has 2 aliphatic carbocycles. The molecule has 2 aliphatic heterocycles. The van der Waals surface area contributed by atoms with Gasteiger partial charge in [0.05, 0.1) is 0 Å². The molecule has 2 heterocycles. The smallest absolute Gasteiger partial charge is 0.402 e. The van der Waals surface area contributed by atoms with E-state index in [1.807, 2.05) is 0 Å². The number of carbonyl (C=O) groups is 1. The summed E-state index contributed by atoms with van der Waals surface area (Å²) in [4.78, 5) is 11.2. The zero-order valence-corrected chi connectivity index (χ0v) is 17.3. The number of aryl methyl sites for hydroxylation is 2. The Morgan fingerprint density at radius 3 is 1.66 bits per heavy atom. The fourth-order valence-corrected chi connectivity index (χ4v) is 4.22. The number of benzene rings is 2. The van der Waals surface area contributed by atoms with Crippen LogP contribution in [-0.2, 0) is 12.8 Å². The highest BCUT2D eigenvalue weighted by Gasteiger charge is 2.35. The van der Waals surface area contributed by atoms with Crippen molar-refractivity contribution < 1.29 is 14.3 Å². The van der Waals surface area contributed by atoms with Crippen LogP contribution in [0.25, 0.3) is 0 Å². The molecule has 29 heavy (non-hydrogen) atoms. The van der Waals surface area contributed by atoms with Gasteiger partial charge in [0.25, 0.3) is 0 Å². The Morgan fingerprint density at radius 1 is 0.931 bits per heavy atom. The highest BCUT2D eigenvalue weighted by molar-refractivity contribution is 5.61. The molecule has 158 valence electrons. The minimum absolute atomic E-state index is 0.178. The molecule has 3 N–H and O–H groups in total. The van der Waals surface area contributed by atoms with Gasteiger partial charge in [-0.1, -0.05) is 42.5 Å². The molecule has 2 aromatic carbocycles. The van der Waals surface area contributed by atoms with Gasteiger partial charge in [0, 0.05) is 13.1 Å². The second kappa shape index (κ2) is 12.2. The summed E-state index contributed by atoms with van der Waals surface area (Å²) in [6, 6.07) is 16.7. The van der Waals surface area contributed by atoms with Gasteiger partial charge in [0.15, 0.2) is 0 Å². The van der Waals surface area contributed by atoms with E-state index in [0.717, 1.165) is 11.8 Å². The molecular formula is C24H33FN2O2. The van der Waals surface area contributed by atoms with Crippen LogP contribution in [0.15, 0.2) is 54.6 Å². The minimum Gasteiger partial charge on any atom is -0.465 e. The van der Waals surface area contributed by atoms with Gasteiger partial charge in [-0.05, 0) is 80.7 Å². The maximum atomic E-state index is 11.9. The zero-order valence-electron chi connectivity index (χ0n) is 17.3. The normalized spacial score (nSPS) is 21.3. The first-order valence-corrected chi connectivity index (χ1v) is 10.4. The topological polar surface area (TPSA) is 66.6 Å². The molecule has 2 bridgehead atoms. The molecule has 1 amide bonds. The maximum absolute atomic E-state index is 11.9. The number of nitrogens with two attached hydrogens (primary N) is 1. The highest BCUT2D eigenvalue weighted by Crippen LogP contribution is 2.38. The quantitative estimate of drug-likeness (QED) is 0.656. The van der Waals surface area contributed by atoms with Crippen LogP contribution in [0.2, 0.25) is 0 Å². The third-order valence-corrected chi connectivity index (χ3v) is 5.47. The van der Waals surface area contributed by atoms with Crippen LogP contribution in [0.5, 0.6) is 0 Å². The first kappa shape index (κ1) is 22.9. The number of primary amides is 1. The van der Waals surface area contributed by atoms with Gasteiger partial charge in [-0.25, -0.2) is 9.18 Å². The highest BCUT2D eigenvalue weighted by atomic mass is 19.1. The lowest BCUT2D eigenvalue weighted by Crippen LogP contribution is -2.46. The van der Waals surface area contributed by atoms with Crippen LogP contribution < -0.4 is 5.73 Å². The van der Waals surface area contributed by atoms with Crippen molar-refractivity contribution >= 4 is 6.09 Å². The molecule has 2 saturated heterocycles. The number of hydrogen-bond donors (Lipinski definition) is 2. The summed E-state index contributed by atoms with van der Waals surface area (Å²) < 4.78 is 11.9. The number of hydrogen-bond acceptors (Lipinski definition) is 2. The number of fused-ring (bicyclic) bond motifs is 3. The van der Waals surface area contributed by atoms with Crippen LogP contribution in [0.3, 0.4) is 0 Å². The predicted octanol–water partition coefficient (Wildman–Crippen LogP) is 4.97. The minimum atomic E-state index is -1.33. The Bertz CT molecular complexity index is 694. The van der Waals surface area contributed by atoms with Crippen LogP contribution in [0.4, 0.5) is 9.18 Å². The summed E-state index contributed by atoms with van der Waals surface area (Å²) in [6.45, 7) is 2.74. The second-order valence-electron chi connectivity index (χ2n) is 8.03. The average molecular weight is 401 g/mol. The van der Waals surface area contributed by atoms with Gasteiger partial charge < -0.3 is 15.7 Å². The number of halogens is 1. The third-order valence-electron chi connectivity index (χ3n) is 5.47. The summed E-state index contributed by atoms with van der Waals surface area (Å²) >= 11 is 0. The van der Waals surface area contributed by atoms with Crippen LogP contribution in [-0.4, -0.2) is 36.2 Å². The summed E-state index contributed by atoms with van der Waals surface area (Å²) in [5, 5.41) is 7.19. The molecule has 0 atom stereocenters. The lowest BCUT2D eigenvalue weighted by molar-refractivity contribution is 0.0443. The van der Waals surface area contributed by atoms with Crippen LogP contribution in [0.1, 0.15) is 36.8 Å². The summed E-state index contributed by atoms with van der Waals surface area (Å²) in [5.41, 5.74) is 7.18. The van der Waals surface area contributed by atoms with Crippen molar-refractivity contribution in [2.75, 3.05) is 20.1 Å². The monoisotopic (exact) mass is 400 g/mol. The number of amides is 1. The Kier molecular flexibility index (Phi) is 9.65. The van der Waals surface area contributed by atoms with E-state index in [2.05, 4.69) is 41.9 Å². The van der Waals surface area contributed by atoms with E-state index < -0.39 is 6.09 Å². The number of carboxylic acid groups (broad SMARTS) is 1. The summed E-state index contributed by atoms with van der Waals surface area (Å²) in [7, 11) is 2.23. The van der Waals surface area contributed by atoms with Gasteiger partial charge in [0.2, 0.25) is 0 Å². The van der Waals surface area contributed by atoms with Crippen molar-refractivity contribution in [3.05, 3.63) is 71.5 Å². The Morgan fingerprint density at radius 2 is 1.34 bits per heavy atom. The molecule has 6 rings (SSSR count). The van der Waals surface area contributed by atoms with E-state index in [4.69, 9.17) is 9.90 Å². The summed E-state index contributed by atoms with van der Waals surface area (Å²) in [5.74, 6) is 1.99. The summed E-state index contributed by atoms with van der Waals surface area (Å²) in [6.07, 6.45) is 7.11. The van der Waals surface area contributed by atoms with E-state index in [-0.39, 0.29) is 5.82 Å². The second-order valence-corrected chi connectivity index (χ2v) is 8.03. The molecule has 1 saturated carbocycles. The number of rotatable bonds is 0. The van der Waals surface area contributed by atoms with Crippen LogP contribution in [0, 0.1) is 17.7 Å². The molecule has 4 nitrogen and oxygen atoms in total. The fourth-order valence-electron chi connectivity index (χ4n) is 4.22. The molecule has 4 aliphatic rings. The molecule has 0 radical (unpaired) electrons. The molecule has 0 spiro atoms. The van der Waals surface area contributed by atoms with E-state index in [1.165, 1.54) is 63.7 Å². The third kappa shape index (κ3) is 9.09. The van der Waals surface area contributed by atoms with Gasteiger partial charge in [-0.3, -0.25) is 0 Å². The van der Waals surface area contributed by atoms with E-state index in [0.29, 0.717) is 0 Å². The number of nitrogens with zero attached hydrogens (tertiary/aromatic N) is 1. The molecule has 0 aromatic heterocycles. The average Bonchev–Trinajstić information content (AvgIpc) is 2.68. The number of piperidine rings is 2. The van der Waals surface area contributed by atoms with Crippen molar-refractivity contribution in [3.8, 4) is 0 Å². The predicted molar refractivity (Wildman–Crippen MR) is 115 cm³/mol. The zero-order chi connectivity index (χ0) is 21.1. The first-order chi connectivity index (χ1) is 13.9. The van der Waals surface area contributed by atoms with Crippen molar-refractivity contribution in [2.24, 2.45) is 17.6 Å².